The SMILES string of the molecule is COc1ccc(C(c2c(O)cc(C)n(-c3ccc(F)cc3)c2=O)c2c(O)cc(C)n(-c3ccc(F)cc3)c2=O)cc1. The van der Waals surface area contributed by atoms with Crippen LogP contribution in [0.25, 0.3) is 11.4 Å². The smallest absolute Gasteiger partial charge is 0.263 e. The van der Waals surface area contributed by atoms with E-state index in [9.17, 15) is 28.6 Å². The molecule has 0 unspecified atom stereocenters. The molecule has 0 spiro atoms. The van der Waals surface area contributed by atoms with Crippen molar-refractivity contribution in [1.82, 2.24) is 9.13 Å². The van der Waals surface area contributed by atoms with E-state index in [0.29, 0.717) is 34.1 Å². The second-order valence-corrected chi connectivity index (χ2v) is 9.61. The van der Waals surface area contributed by atoms with Crippen molar-refractivity contribution in [2.45, 2.75) is 19.8 Å². The Kier molecular flexibility index (Phi) is 7.19. The van der Waals surface area contributed by atoms with Gasteiger partial charge in [0, 0.05) is 34.9 Å². The van der Waals surface area contributed by atoms with Crippen LogP contribution in [-0.2, 0) is 0 Å². The largest absolute Gasteiger partial charge is 0.507 e. The predicted octanol–water partition coefficient (Wildman–Crippen LogP) is 5.48. The zero-order chi connectivity index (χ0) is 29.4. The molecule has 0 fully saturated rings. The van der Waals surface area contributed by atoms with Gasteiger partial charge in [-0.15, -0.1) is 0 Å². The molecule has 0 aliphatic heterocycles. The van der Waals surface area contributed by atoms with Gasteiger partial charge in [0.25, 0.3) is 11.1 Å². The van der Waals surface area contributed by atoms with Gasteiger partial charge < -0.3 is 14.9 Å². The van der Waals surface area contributed by atoms with Crippen molar-refractivity contribution in [2.75, 3.05) is 7.11 Å². The maximum atomic E-state index is 14.1. The summed E-state index contributed by atoms with van der Waals surface area (Å²) in [5, 5.41) is 22.4. The molecule has 0 aliphatic rings. The van der Waals surface area contributed by atoms with Crippen LogP contribution < -0.4 is 15.9 Å². The quantitative estimate of drug-likeness (QED) is 0.289. The molecule has 5 rings (SSSR count). The molecular formula is C32H26F2N2O5. The third-order valence-corrected chi connectivity index (χ3v) is 7.01. The number of hydrogen-bond acceptors (Lipinski definition) is 5. The van der Waals surface area contributed by atoms with E-state index >= 15 is 0 Å². The normalized spacial score (nSPS) is 11.2. The summed E-state index contributed by atoms with van der Waals surface area (Å²) >= 11 is 0. The van der Waals surface area contributed by atoms with E-state index in [1.807, 2.05) is 0 Å². The molecule has 7 nitrogen and oxygen atoms in total. The molecule has 5 aromatic rings. The standard InChI is InChI=1S/C32H26F2N2O5/c1-18-16-26(37)29(31(39)35(18)23-10-6-21(33)7-11-23)28(20-4-14-25(41-3)15-5-20)30-27(38)17-19(2)36(32(30)40)24-12-8-22(34)9-13-24/h4-17,28,37-38H,1-3H3. The summed E-state index contributed by atoms with van der Waals surface area (Å²) < 4.78 is 35.2. The summed E-state index contributed by atoms with van der Waals surface area (Å²) in [6, 6.07) is 19.8. The Morgan fingerprint density at radius 3 is 1.41 bits per heavy atom. The zero-order valence-corrected chi connectivity index (χ0v) is 22.4. The third kappa shape index (κ3) is 4.98. The van der Waals surface area contributed by atoms with Crippen LogP contribution >= 0.6 is 0 Å². The predicted molar refractivity (Wildman–Crippen MR) is 151 cm³/mol. The highest BCUT2D eigenvalue weighted by atomic mass is 19.1. The van der Waals surface area contributed by atoms with Gasteiger partial charge in [-0.3, -0.25) is 18.7 Å². The van der Waals surface area contributed by atoms with Crippen LogP contribution in [0.1, 0.15) is 34.0 Å². The van der Waals surface area contributed by atoms with Crippen LogP contribution in [0, 0.1) is 25.5 Å². The van der Waals surface area contributed by atoms with E-state index in [2.05, 4.69) is 0 Å². The summed E-state index contributed by atoms with van der Waals surface area (Å²) in [5.74, 6) is -2.47. The molecule has 0 saturated carbocycles. The number of aryl methyl sites for hydroxylation is 2. The Morgan fingerprint density at radius 2 is 1.05 bits per heavy atom. The minimum Gasteiger partial charge on any atom is -0.507 e. The first-order valence-electron chi connectivity index (χ1n) is 12.7. The second kappa shape index (κ2) is 10.8. The minimum absolute atomic E-state index is 0.174. The van der Waals surface area contributed by atoms with Crippen molar-refractivity contribution < 1.29 is 23.7 Å². The van der Waals surface area contributed by atoms with Gasteiger partial charge in [0.1, 0.15) is 28.9 Å². The van der Waals surface area contributed by atoms with E-state index in [1.165, 1.54) is 76.9 Å². The molecule has 41 heavy (non-hydrogen) atoms. The lowest BCUT2D eigenvalue weighted by atomic mass is 9.84. The van der Waals surface area contributed by atoms with Gasteiger partial charge in [0.2, 0.25) is 0 Å². The van der Waals surface area contributed by atoms with Crippen molar-refractivity contribution in [2.24, 2.45) is 0 Å². The highest BCUT2D eigenvalue weighted by molar-refractivity contribution is 5.55. The van der Waals surface area contributed by atoms with Gasteiger partial charge in [-0.05, 0) is 80.1 Å². The lowest BCUT2D eigenvalue weighted by Crippen LogP contribution is -2.31. The number of halogens is 2. The van der Waals surface area contributed by atoms with Gasteiger partial charge in [0.05, 0.1) is 24.2 Å². The number of nitrogens with zero attached hydrogens (tertiary/aromatic N) is 2. The number of aromatic nitrogens is 2. The van der Waals surface area contributed by atoms with Gasteiger partial charge in [-0.1, -0.05) is 12.1 Å². The minimum atomic E-state index is -1.24. The van der Waals surface area contributed by atoms with Crippen molar-refractivity contribution in [3.63, 3.8) is 0 Å². The first-order chi connectivity index (χ1) is 19.6. The highest BCUT2D eigenvalue weighted by Crippen LogP contribution is 2.38. The molecule has 3 aromatic carbocycles. The fraction of sp³-hybridized carbons (Fsp3) is 0.125. The van der Waals surface area contributed by atoms with E-state index in [4.69, 9.17) is 4.74 Å². The molecule has 0 atom stereocenters. The van der Waals surface area contributed by atoms with Crippen molar-refractivity contribution in [3.05, 3.63) is 145 Å². The number of rotatable bonds is 6. The van der Waals surface area contributed by atoms with Gasteiger partial charge in [-0.2, -0.15) is 0 Å². The topological polar surface area (TPSA) is 93.7 Å². The Hall–Kier alpha value is -5.18. The Bertz CT molecular complexity index is 1750. The summed E-state index contributed by atoms with van der Waals surface area (Å²) in [6.45, 7) is 3.23. The molecule has 2 heterocycles. The maximum absolute atomic E-state index is 14.1. The summed E-state index contributed by atoms with van der Waals surface area (Å²) in [7, 11) is 1.49. The highest BCUT2D eigenvalue weighted by Gasteiger charge is 2.31. The Morgan fingerprint density at radius 1 is 0.659 bits per heavy atom. The number of methoxy groups -OCH3 is 1. The monoisotopic (exact) mass is 556 g/mol. The summed E-state index contributed by atoms with van der Waals surface area (Å²) in [4.78, 5) is 28.3. The zero-order valence-electron chi connectivity index (χ0n) is 22.4. The van der Waals surface area contributed by atoms with E-state index in [1.54, 1.807) is 38.1 Å². The van der Waals surface area contributed by atoms with Crippen molar-refractivity contribution in [3.8, 4) is 28.6 Å². The van der Waals surface area contributed by atoms with Crippen molar-refractivity contribution in [1.29, 1.82) is 0 Å². The summed E-state index contributed by atoms with van der Waals surface area (Å²) in [5.41, 5.74) is 0.168. The molecule has 9 heteroatoms. The maximum Gasteiger partial charge on any atom is 0.263 e. The molecule has 0 saturated heterocycles. The number of hydrogen-bond donors (Lipinski definition) is 2. The molecule has 0 radical (unpaired) electrons. The van der Waals surface area contributed by atoms with Gasteiger partial charge >= 0.3 is 0 Å². The lowest BCUT2D eigenvalue weighted by molar-refractivity contribution is 0.414. The van der Waals surface area contributed by atoms with E-state index < -0.39 is 28.7 Å². The first kappa shape index (κ1) is 27.4. The van der Waals surface area contributed by atoms with Crippen LogP contribution in [0.3, 0.4) is 0 Å². The van der Waals surface area contributed by atoms with Gasteiger partial charge in [-0.25, -0.2) is 8.78 Å². The Balaban J connectivity index is 1.86. The molecule has 2 aromatic heterocycles. The van der Waals surface area contributed by atoms with E-state index in [-0.39, 0.29) is 22.6 Å². The van der Waals surface area contributed by atoms with Crippen LogP contribution in [-0.4, -0.2) is 26.5 Å². The molecule has 0 bridgehead atoms. The summed E-state index contributed by atoms with van der Waals surface area (Å²) in [6.07, 6.45) is 0. The molecule has 208 valence electrons. The number of aromatic hydroxyl groups is 2. The van der Waals surface area contributed by atoms with Crippen LogP contribution in [0.4, 0.5) is 8.78 Å². The van der Waals surface area contributed by atoms with Crippen LogP contribution in [0.15, 0.2) is 94.5 Å². The number of ether oxygens (including phenoxy) is 1. The number of pyridine rings is 2. The van der Waals surface area contributed by atoms with Gasteiger partial charge in [0.15, 0.2) is 0 Å². The molecule has 2 N–H and O–H groups in total. The second-order valence-electron chi connectivity index (χ2n) is 9.61. The third-order valence-electron chi connectivity index (χ3n) is 7.01. The average Bonchev–Trinajstić information content (AvgIpc) is 2.94. The van der Waals surface area contributed by atoms with Crippen LogP contribution in [0.2, 0.25) is 0 Å². The number of benzene rings is 3. The first-order valence-corrected chi connectivity index (χ1v) is 12.7. The van der Waals surface area contributed by atoms with Crippen molar-refractivity contribution >= 4 is 0 Å². The fourth-order valence-corrected chi connectivity index (χ4v) is 5.10. The Labute approximate surface area is 233 Å². The van der Waals surface area contributed by atoms with E-state index in [0.717, 1.165) is 0 Å². The molecule has 0 aliphatic carbocycles. The molecular weight excluding hydrogens is 530 g/mol. The fourth-order valence-electron chi connectivity index (χ4n) is 5.10. The lowest BCUT2D eigenvalue weighted by Gasteiger charge is -2.23. The molecule has 0 amide bonds. The average molecular weight is 557 g/mol. The van der Waals surface area contributed by atoms with Crippen LogP contribution in [0.5, 0.6) is 17.2 Å².